The lowest BCUT2D eigenvalue weighted by molar-refractivity contribution is -0.140. The molecule has 0 aromatic heterocycles. The zero-order valence-electron chi connectivity index (χ0n) is 18.9. The van der Waals surface area contributed by atoms with Crippen LogP contribution in [0.3, 0.4) is 0 Å². The Hall–Kier alpha value is -2.42. The van der Waals surface area contributed by atoms with Gasteiger partial charge in [0.2, 0.25) is 21.8 Å². The van der Waals surface area contributed by atoms with Crippen molar-refractivity contribution in [1.29, 1.82) is 0 Å². The highest BCUT2D eigenvalue weighted by Crippen LogP contribution is 2.20. The molecule has 1 saturated carbocycles. The summed E-state index contributed by atoms with van der Waals surface area (Å²) in [4.78, 5) is 27.7. The minimum atomic E-state index is -3.90. The molecule has 0 bridgehead atoms. The Kier molecular flexibility index (Phi) is 8.51. The van der Waals surface area contributed by atoms with Crippen LogP contribution in [0.25, 0.3) is 0 Å². The smallest absolute Gasteiger partial charge is 0.243 e. The summed E-state index contributed by atoms with van der Waals surface area (Å²) in [5.41, 5.74) is 0.856. The molecule has 1 aliphatic rings. The summed E-state index contributed by atoms with van der Waals surface area (Å²) in [6, 6.07) is 14.5. The van der Waals surface area contributed by atoms with Gasteiger partial charge >= 0.3 is 0 Å². The van der Waals surface area contributed by atoms with E-state index in [1.165, 1.54) is 36.2 Å². The summed E-state index contributed by atoms with van der Waals surface area (Å²) < 4.78 is 26.9. The highest BCUT2D eigenvalue weighted by Gasteiger charge is 2.31. The number of amides is 2. The van der Waals surface area contributed by atoms with Gasteiger partial charge in [-0.3, -0.25) is 9.59 Å². The van der Waals surface area contributed by atoms with E-state index in [0.29, 0.717) is 5.02 Å². The second kappa shape index (κ2) is 11.1. The summed E-state index contributed by atoms with van der Waals surface area (Å²) in [6.07, 6.45) is 4.04. The van der Waals surface area contributed by atoms with Crippen LogP contribution in [-0.4, -0.2) is 55.1 Å². The molecule has 0 heterocycles. The Morgan fingerprint density at radius 1 is 1.06 bits per heavy atom. The molecular weight excluding hydrogens is 462 g/mol. The number of carbonyl (C=O) groups is 2. The van der Waals surface area contributed by atoms with E-state index in [-0.39, 0.29) is 23.4 Å². The molecule has 33 heavy (non-hydrogen) atoms. The summed E-state index contributed by atoms with van der Waals surface area (Å²) in [5, 5.41) is 3.46. The Morgan fingerprint density at radius 3 is 2.27 bits per heavy atom. The van der Waals surface area contributed by atoms with Gasteiger partial charge in [-0.1, -0.05) is 54.8 Å². The number of benzene rings is 2. The van der Waals surface area contributed by atoms with Gasteiger partial charge in [0, 0.05) is 24.7 Å². The molecule has 2 amide bonds. The van der Waals surface area contributed by atoms with Crippen molar-refractivity contribution in [2.75, 3.05) is 13.6 Å². The van der Waals surface area contributed by atoms with Gasteiger partial charge in [0.15, 0.2) is 0 Å². The second-order valence-corrected chi connectivity index (χ2v) is 10.9. The van der Waals surface area contributed by atoms with E-state index < -0.39 is 28.5 Å². The summed E-state index contributed by atoms with van der Waals surface area (Å²) in [7, 11) is -2.54. The Labute approximate surface area is 200 Å². The van der Waals surface area contributed by atoms with E-state index in [1.54, 1.807) is 6.92 Å². The molecule has 2 aromatic carbocycles. The molecule has 2 aromatic rings. The van der Waals surface area contributed by atoms with Crippen molar-refractivity contribution in [2.24, 2.45) is 0 Å². The molecule has 3 rings (SSSR count). The van der Waals surface area contributed by atoms with Gasteiger partial charge in [-0.15, -0.1) is 0 Å². The zero-order valence-corrected chi connectivity index (χ0v) is 20.5. The number of hydrogen-bond acceptors (Lipinski definition) is 4. The van der Waals surface area contributed by atoms with Crippen LogP contribution in [0.4, 0.5) is 0 Å². The second-order valence-electron chi connectivity index (χ2n) is 8.39. The lowest BCUT2D eigenvalue weighted by Gasteiger charge is -2.31. The molecule has 1 atom stereocenters. The molecule has 0 unspecified atom stereocenters. The van der Waals surface area contributed by atoms with Crippen LogP contribution in [0.5, 0.6) is 0 Å². The van der Waals surface area contributed by atoms with Crippen molar-refractivity contribution in [3.8, 4) is 0 Å². The minimum absolute atomic E-state index is 0.0452. The number of nitrogens with zero attached hydrogens (tertiary/aromatic N) is 2. The molecule has 1 N–H and O–H groups in total. The molecule has 1 aliphatic carbocycles. The molecule has 178 valence electrons. The SMILES string of the molecule is C[C@H](C(=O)NC1CCCC1)N(Cc1ccccc1)C(=O)CN(C)S(=O)(=O)c1ccc(Cl)cc1. The number of likely N-dealkylation sites (N-methyl/N-ethyl adjacent to an activating group) is 1. The number of rotatable bonds is 9. The average molecular weight is 492 g/mol. The van der Waals surface area contributed by atoms with E-state index in [0.717, 1.165) is 35.6 Å². The first kappa shape index (κ1) is 25.2. The first-order chi connectivity index (χ1) is 15.7. The van der Waals surface area contributed by atoms with Crippen molar-refractivity contribution in [2.45, 2.75) is 56.1 Å². The molecular formula is C24H30ClN3O4S. The minimum Gasteiger partial charge on any atom is -0.352 e. The fourth-order valence-electron chi connectivity index (χ4n) is 3.91. The fourth-order valence-corrected chi connectivity index (χ4v) is 5.15. The van der Waals surface area contributed by atoms with Crippen LogP contribution in [-0.2, 0) is 26.2 Å². The lowest BCUT2D eigenvalue weighted by Crippen LogP contribution is -2.52. The van der Waals surface area contributed by atoms with E-state index in [4.69, 9.17) is 11.6 Å². The monoisotopic (exact) mass is 491 g/mol. The highest BCUT2D eigenvalue weighted by molar-refractivity contribution is 7.89. The van der Waals surface area contributed by atoms with E-state index in [9.17, 15) is 18.0 Å². The topological polar surface area (TPSA) is 86.8 Å². The van der Waals surface area contributed by atoms with Crippen molar-refractivity contribution in [3.63, 3.8) is 0 Å². The van der Waals surface area contributed by atoms with Crippen molar-refractivity contribution < 1.29 is 18.0 Å². The van der Waals surface area contributed by atoms with Crippen molar-refractivity contribution in [3.05, 3.63) is 65.2 Å². The van der Waals surface area contributed by atoms with Crippen molar-refractivity contribution in [1.82, 2.24) is 14.5 Å². The van der Waals surface area contributed by atoms with Crippen molar-refractivity contribution >= 4 is 33.4 Å². The molecule has 9 heteroatoms. The van der Waals surface area contributed by atoms with Crippen LogP contribution in [0, 0.1) is 0 Å². The number of halogens is 1. The molecule has 0 aliphatic heterocycles. The van der Waals surface area contributed by atoms with Gasteiger partial charge in [0.1, 0.15) is 6.04 Å². The van der Waals surface area contributed by atoms with Gasteiger partial charge in [0.25, 0.3) is 0 Å². The number of hydrogen-bond donors (Lipinski definition) is 1. The zero-order chi connectivity index (χ0) is 24.0. The molecule has 0 radical (unpaired) electrons. The largest absolute Gasteiger partial charge is 0.352 e. The fraction of sp³-hybridized carbons (Fsp3) is 0.417. The number of nitrogens with one attached hydrogen (secondary N) is 1. The quantitative estimate of drug-likeness (QED) is 0.582. The molecule has 7 nitrogen and oxygen atoms in total. The van der Waals surface area contributed by atoms with Gasteiger partial charge in [0.05, 0.1) is 11.4 Å². The Bertz CT molecular complexity index is 1050. The number of sulfonamides is 1. The number of carbonyl (C=O) groups excluding carboxylic acids is 2. The van der Waals surface area contributed by atoms with Gasteiger partial charge in [-0.25, -0.2) is 8.42 Å². The van der Waals surface area contributed by atoms with Gasteiger partial charge in [-0.2, -0.15) is 4.31 Å². The van der Waals surface area contributed by atoms with Crippen LogP contribution >= 0.6 is 11.6 Å². The Morgan fingerprint density at radius 2 is 1.67 bits per heavy atom. The predicted molar refractivity (Wildman–Crippen MR) is 128 cm³/mol. The summed E-state index contributed by atoms with van der Waals surface area (Å²) in [5.74, 6) is -0.678. The molecule has 0 saturated heterocycles. The van der Waals surface area contributed by atoms with E-state index >= 15 is 0 Å². The molecule has 0 spiro atoms. The van der Waals surface area contributed by atoms with Crippen LogP contribution in [0.1, 0.15) is 38.2 Å². The van der Waals surface area contributed by atoms with Crippen LogP contribution in [0.2, 0.25) is 5.02 Å². The third-order valence-corrected chi connectivity index (χ3v) is 8.01. The lowest BCUT2D eigenvalue weighted by atomic mass is 10.1. The normalized spacial score (nSPS) is 15.4. The van der Waals surface area contributed by atoms with Gasteiger partial charge in [-0.05, 0) is 49.6 Å². The maximum absolute atomic E-state index is 13.3. The van der Waals surface area contributed by atoms with E-state index in [2.05, 4.69) is 5.32 Å². The standard InChI is InChI=1S/C24H30ClN3O4S/c1-18(24(30)26-21-10-6-7-11-21)28(16-19-8-4-3-5-9-19)23(29)17-27(2)33(31,32)22-14-12-20(25)13-15-22/h3-5,8-9,12-15,18,21H,6-7,10-11,16-17H2,1-2H3,(H,26,30)/t18-/m1/s1. The van der Waals surface area contributed by atoms with Crippen LogP contribution in [0.15, 0.2) is 59.5 Å². The Balaban J connectivity index is 1.77. The third kappa shape index (κ3) is 6.56. The van der Waals surface area contributed by atoms with Crippen LogP contribution < -0.4 is 5.32 Å². The maximum Gasteiger partial charge on any atom is 0.243 e. The predicted octanol–water partition coefficient (Wildman–Crippen LogP) is 3.44. The third-order valence-electron chi connectivity index (χ3n) is 5.94. The molecule has 1 fully saturated rings. The summed E-state index contributed by atoms with van der Waals surface area (Å²) >= 11 is 5.86. The maximum atomic E-state index is 13.3. The first-order valence-electron chi connectivity index (χ1n) is 11.0. The van der Waals surface area contributed by atoms with E-state index in [1.807, 2.05) is 30.3 Å². The highest BCUT2D eigenvalue weighted by atomic mass is 35.5. The van der Waals surface area contributed by atoms with Gasteiger partial charge < -0.3 is 10.2 Å². The first-order valence-corrected chi connectivity index (χ1v) is 12.9. The average Bonchev–Trinajstić information content (AvgIpc) is 3.31. The summed E-state index contributed by atoms with van der Waals surface area (Å²) in [6.45, 7) is 1.49.